The lowest BCUT2D eigenvalue weighted by molar-refractivity contribution is -0.131. The predicted molar refractivity (Wildman–Crippen MR) is 109 cm³/mol. The second-order valence-electron chi connectivity index (χ2n) is 7.93. The van der Waals surface area contributed by atoms with Gasteiger partial charge in [-0.3, -0.25) is 15.6 Å². The highest BCUT2D eigenvalue weighted by atomic mass is 19.1. The largest absolute Gasteiger partial charge is 0.347 e. The van der Waals surface area contributed by atoms with Gasteiger partial charge < -0.3 is 9.80 Å². The van der Waals surface area contributed by atoms with Gasteiger partial charge in [-0.15, -0.1) is 0 Å². The Morgan fingerprint density at radius 3 is 2.83 bits per heavy atom. The number of halogens is 1. The number of hydrogen-bond acceptors (Lipinski definition) is 6. The smallest absolute Gasteiger partial charge is 0.227 e. The summed E-state index contributed by atoms with van der Waals surface area (Å²) in [5.74, 6) is 0.638. The summed E-state index contributed by atoms with van der Waals surface area (Å²) in [6.45, 7) is 1.51. The first-order valence-corrected chi connectivity index (χ1v) is 10.1. The first-order valence-electron chi connectivity index (χ1n) is 10.1. The summed E-state index contributed by atoms with van der Waals surface area (Å²) in [5.41, 5.74) is 8.45. The van der Waals surface area contributed by atoms with Crippen LogP contribution in [0.1, 0.15) is 30.0 Å². The Bertz CT molecular complexity index is 859. The predicted octanol–water partition coefficient (Wildman–Crippen LogP) is 1.48. The number of amides is 1. The number of likely N-dealkylation sites (tertiary alicyclic amines) is 1. The maximum Gasteiger partial charge on any atom is 0.227 e. The van der Waals surface area contributed by atoms with Crippen LogP contribution in [0.3, 0.4) is 0 Å². The van der Waals surface area contributed by atoms with Gasteiger partial charge in [0, 0.05) is 45.3 Å². The molecular formula is C21H27FN6O. The molecule has 3 atom stereocenters. The van der Waals surface area contributed by atoms with Crippen LogP contribution in [0.15, 0.2) is 36.5 Å². The molecular weight excluding hydrogens is 371 g/mol. The van der Waals surface area contributed by atoms with Crippen LogP contribution in [-0.2, 0) is 11.2 Å². The highest BCUT2D eigenvalue weighted by Crippen LogP contribution is 2.31. The van der Waals surface area contributed by atoms with E-state index in [9.17, 15) is 9.18 Å². The van der Waals surface area contributed by atoms with Crippen LogP contribution in [0.25, 0.3) is 0 Å². The van der Waals surface area contributed by atoms with Crippen molar-refractivity contribution < 1.29 is 9.18 Å². The molecule has 2 saturated heterocycles. The average molecular weight is 398 g/mol. The zero-order valence-corrected chi connectivity index (χ0v) is 16.8. The molecule has 0 spiro atoms. The Kier molecular flexibility index (Phi) is 5.73. The lowest BCUT2D eigenvalue weighted by atomic mass is 9.90. The zero-order valence-electron chi connectivity index (χ0n) is 16.8. The molecule has 1 aromatic carbocycles. The van der Waals surface area contributed by atoms with E-state index in [4.69, 9.17) is 4.98 Å². The number of carbonyl (C=O) groups is 1. The van der Waals surface area contributed by atoms with Gasteiger partial charge in [-0.2, -0.15) is 0 Å². The third-order valence-corrected chi connectivity index (χ3v) is 5.77. The minimum absolute atomic E-state index is 0.0829. The molecule has 1 amide bonds. The fourth-order valence-corrected chi connectivity index (χ4v) is 4.30. The molecule has 0 aliphatic carbocycles. The van der Waals surface area contributed by atoms with Gasteiger partial charge in [-0.05, 0) is 36.6 Å². The van der Waals surface area contributed by atoms with Crippen molar-refractivity contribution in [3.8, 4) is 0 Å². The van der Waals surface area contributed by atoms with E-state index in [2.05, 4.69) is 15.8 Å². The van der Waals surface area contributed by atoms with Crippen LogP contribution in [0.5, 0.6) is 0 Å². The SMILES string of the molecule is CN(C)c1nccc(C2CNNC2C2CCCN2C(=O)Cc2ccc(F)cc2)n1. The van der Waals surface area contributed by atoms with E-state index in [1.54, 1.807) is 18.3 Å². The number of rotatable bonds is 5. The van der Waals surface area contributed by atoms with Crippen molar-refractivity contribution in [1.82, 2.24) is 25.7 Å². The van der Waals surface area contributed by atoms with Crippen molar-refractivity contribution in [3.63, 3.8) is 0 Å². The summed E-state index contributed by atoms with van der Waals surface area (Å²) in [7, 11) is 3.85. The molecule has 8 heteroatoms. The van der Waals surface area contributed by atoms with E-state index >= 15 is 0 Å². The standard InChI is InChI=1S/C21H27FN6O/c1-27(2)21-23-10-9-17(25-21)16-13-24-26-20(16)18-4-3-11-28(18)19(29)12-14-5-7-15(22)8-6-14/h5-10,16,18,20,24,26H,3-4,11-13H2,1-2H3. The topological polar surface area (TPSA) is 73.4 Å². The molecule has 7 nitrogen and oxygen atoms in total. The molecule has 2 fully saturated rings. The quantitative estimate of drug-likeness (QED) is 0.795. The summed E-state index contributed by atoms with van der Waals surface area (Å²) in [5, 5.41) is 0. The summed E-state index contributed by atoms with van der Waals surface area (Å²) >= 11 is 0. The normalized spacial score (nSPS) is 24.1. The van der Waals surface area contributed by atoms with Gasteiger partial charge >= 0.3 is 0 Å². The molecule has 154 valence electrons. The third kappa shape index (κ3) is 4.23. The lowest BCUT2D eigenvalue weighted by Gasteiger charge is -2.32. The fourth-order valence-electron chi connectivity index (χ4n) is 4.30. The van der Waals surface area contributed by atoms with E-state index in [-0.39, 0.29) is 29.7 Å². The number of hydrazine groups is 1. The first-order chi connectivity index (χ1) is 14.0. The van der Waals surface area contributed by atoms with Crippen LogP contribution in [-0.4, -0.2) is 60.0 Å². The van der Waals surface area contributed by atoms with Crippen molar-refractivity contribution in [2.24, 2.45) is 0 Å². The molecule has 29 heavy (non-hydrogen) atoms. The molecule has 2 aliphatic heterocycles. The van der Waals surface area contributed by atoms with Crippen molar-refractivity contribution >= 4 is 11.9 Å². The summed E-state index contributed by atoms with van der Waals surface area (Å²) in [4.78, 5) is 25.9. The van der Waals surface area contributed by atoms with E-state index in [1.807, 2.05) is 30.0 Å². The number of anilines is 1. The van der Waals surface area contributed by atoms with Crippen molar-refractivity contribution in [3.05, 3.63) is 53.6 Å². The van der Waals surface area contributed by atoms with Crippen molar-refractivity contribution in [2.45, 2.75) is 37.3 Å². The number of benzene rings is 1. The second-order valence-corrected chi connectivity index (χ2v) is 7.93. The molecule has 1 aromatic heterocycles. The fraction of sp³-hybridized carbons (Fsp3) is 0.476. The summed E-state index contributed by atoms with van der Waals surface area (Å²) in [6, 6.07) is 8.31. The van der Waals surface area contributed by atoms with Crippen LogP contribution in [0.2, 0.25) is 0 Å². The lowest BCUT2D eigenvalue weighted by Crippen LogP contribution is -2.50. The number of nitrogens with one attached hydrogen (secondary N) is 2. The number of hydrogen-bond donors (Lipinski definition) is 2. The number of carbonyl (C=O) groups excluding carboxylic acids is 1. The minimum atomic E-state index is -0.286. The Hall–Kier alpha value is -2.58. The molecule has 2 N–H and O–H groups in total. The highest BCUT2D eigenvalue weighted by Gasteiger charge is 2.42. The molecule has 3 heterocycles. The van der Waals surface area contributed by atoms with Gasteiger partial charge in [0.1, 0.15) is 5.82 Å². The van der Waals surface area contributed by atoms with Crippen LogP contribution in [0.4, 0.5) is 10.3 Å². The molecule has 2 aromatic rings. The van der Waals surface area contributed by atoms with E-state index in [0.29, 0.717) is 12.4 Å². The molecule has 0 saturated carbocycles. The second kappa shape index (κ2) is 8.42. The summed E-state index contributed by atoms with van der Waals surface area (Å²) in [6.07, 6.45) is 4.02. The maximum absolute atomic E-state index is 13.2. The number of nitrogens with zero attached hydrogens (tertiary/aromatic N) is 4. The van der Waals surface area contributed by atoms with Crippen LogP contribution < -0.4 is 15.8 Å². The molecule has 4 rings (SSSR count). The molecule has 0 radical (unpaired) electrons. The van der Waals surface area contributed by atoms with Crippen LogP contribution in [0, 0.1) is 5.82 Å². The third-order valence-electron chi connectivity index (χ3n) is 5.77. The molecule has 0 bridgehead atoms. The van der Waals surface area contributed by atoms with E-state index in [0.717, 1.165) is 37.2 Å². The Morgan fingerprint density at radius 2 is 2.07 bits per heavy atom. The number of aromatic nitrogens is 2. The van der Waals surface area contributed by atoms with Gasteiger partial charge in [0.05, 0.1) is 18.2 Å². The zero-order chi connectivity index (χ0) is 20.4. The first kappa shape index (κ1) is 19.7. The Morgan fingerprint density at radius 1 is 1.28 bits per heavy atom. The van der Waals surface area contributed by atoms with Gasteiger partial charge in [0.15, 0.2) is 0 Å². The summed E-state index contributed by atoms with van der Waals surface area (Å²) < 4.78 is 13.2. The van der Waals surface area contributed by atoms with Crippen LogP contribution >= 0.6 is 0 Å². The monoisotopic (exact) mass is 398 g/mol. The van der Waals surface area contributed by atoms with Gasteiger partial charge in [0.2, 0.25) is 11.9 Å². The Balaban J connectivity index is 1.50. The van der Waals surface area contributed by atoms with Gasteiger partial charge in [-0.1, -0.05) is 12.1 Å². The highest BCUT2D eigenvalue weighted by molar-refractivity contribution is 5.79. The van der Waals surface area contributed by atoms with Crippen molar-refractivity contribution in [2.75, 3.05) is 32.1 Å². The van der Waals surface area contributed by atoms with Gasteiger partial charge in [-0.25, -0.2) is 14.4 Å². The maximum atomic E-state index is 13.2. The molecule has 3 unspecified atom stereocenters. The van der Waals surface area contributed by atoms with E-state index < -0.39 is 0 Å². The minimum Gasteiger partial charge on any atom is -0.347 e. The van der Waals surface area contributed by atoms with Gasteiger partial charge in [0.25, 0.3) is 0 Å². The van der Waals surface area contributed by atoms with E-state index in [1.165, 1.54) is 12.1 Å². The average Bonchev–Trinajstić information content (AvgIpc) is 3.39. The Labute approximate surface area is 170 Å². The van der Waals surface area contributed by atoms with Crippen molar-refractivity contribution in [1.29, 1.82) is 0 Å². The molecule has 2 aliphatic rings.